The third-order valence-electron chi connectivity index (χ3n) is 4.53. The first kappa shape index (κ1) is 26.0. The van der Waals surface area contributed by atoms with Crippen molar-refractivity contribution in [2.24, 2.45) is 0 Å². The van der Waals surface area contributed by atoms with Crippen LogP contribution in [0.2, 0.25) is 5.02 Å². The van der Waals surface area contributed by atoms with Gasteiger partial charge in [0.1, 0.15) is 0 Å². The van der Waals surface area contributed by atoms with Gasteiger partial charge in [-0.05, 0) is 89.3 Å². The smallest absolute Gasteiger partial charge is 0.344 e. The molecule has 0 radical (unpaired) electrons. The van der Waals surface area contributed by atoms with E-state index in [0.717, 1.165) is 16.7 Å². The van der Waals surface area contributed by atoms with E-state index >= 15 is 0 Å². The molecule has 0 aliphatic carbocycles. The number of ketones is 1. The monoisotopic (exact) mass is 615 g/mol. The van der Waals surface area contributed by atoms with Crippen molar-refractivity contribution in [3.05, 3.63) is 61.0 Å². The summed E-state index contributed by atoms with van der Waals surface area (Å²) in [4.78, 5) is 50.4. The average molecular weight is 616 g/mol. The first-order chi connectivity index (χ1) is 16.2. The second-order valence-electron chi connectivity index (χ2n) is 6.83. The molecule has 3 rings (SSSR count). The van der Waals surface area contributed by atoms with Crippen LogP contribution < -0.4 is 9.47 Å². The van der Waals surface area contributed by atoms with Crippen molar-refractivity contribution < 1.29 is 33.4 Å². The van der Waals surface area contributed by atoms with Crippen LogP contribution in [0.25, 0.3) is 6.08 Å². The third-order valence-corrected chi connectivity index (χ3v) is 6.49. The number of halogens is 2. The summed E-state index contributed by atoms with van der Waals surface area (Å²) in [5.74, 6) is -0.741. The molecule has 1 aliphatic heterocycles. The summed E-state index contributed by atoms with van der Waals surface area (Å²) in [5, 5.41) is -0.0531. The molecule has 0 saturated carbocycles. The minimum absolute atomic E-state index is 0.173. The Labute approximate surface area is 218 Å². The van der Waals surface area contributed by atoms with Crippen molar-refractivity contribution in [2.45, 2.75) is 6.92 Å². The second-order valence-corrected chi connectivity index (χ2v) is 9.42. The van der Waals surface area contributed by atoms with Gasteiger partial charge in [0.15, 0.2) is 23.9 Å². The minimum Gasteiger partial charge on any atom is -0.493 e. The normalized spacial score (nSPS) is 14.5. The number of imide groups is 1. The Bertz CT molecular complexity index is 1170. The Morgan fingerprint density at radius 3 is 2.53 bits per heavy atom. The van der Waals surface area contributed by atoms with Crippen molar-refractivity contribution >= 4 is 74.9 Å². The Hall–Kier alpha value is -2.57. The van der Waals surface area contributed by atoms with Gasteiger partial charge in [-0.1, -0.05) is 11.6 Å². The van der Waals surface area contributed by atoms with Gasteiger partial charge in [-0.15, -0.1) is 0 Å². The highest BCUT2D eigenvalue weighted by molar-refractivity contribution is 14.1. The minimum atomic E-state index is -0.561. The molecule has 0 N–H and O–H groups in total. The fourth-order valence-corrected chi connectivity index (χ4v) is 4.70. The van der Waals surface area contributed by atoms with Crippen LogP contribution in [0.4, 0.5) is 4.79 Å². The van der Waals surface area contributed by atoms with Gasteiger partial charge in [0.25, 0.3) is 11.1 Å². The number of hydrogen-bond donors (Lipinski definition) is 0. The van der Waals surface area contributed by atoms with Gasteiger partial charge in [0, 0.05) is 10.6 Å². The number of carbonyl (C=O) groups excluding carboxylic acids is 4. The Balaban J connectivity index is 1.77. The summed E-state index contributed by atoms with van der Waals surface area (Å²) >= 11 is 8.60. The number of rotatable bonds is 9. The second kappa shape index (κ2) is 11.7. The molecule has 178 valence electrons. The maximum atomic E-state index is 12.8. The van der Waals surface area contributed by atoms with E-state index < -0.39 is 17.1 Å². The fraction of sp³-hybridized carbons (Fsp3) is 0.217. The zero-order valence-corrected chi connectivity index (χ0v) is 21.9. The molecule has 0 atom stereocenters. The topological polar surface area (TPSA) is 99.2 Å². The van der Waals surface area contributed by atoms with Crippen LogP contribution in [0.15, 0.2) is 41.3 Å². The Morgan fingerprint density at radius 2 is 1.88 bits per heavy atom. The number of carbonyl (C=O) groups is 4. The lowest BCUT2D eigenvalue weighted by Crippen LogP contribution is -2.33. The molecule has 2 amide bonds. The number of hydrogen-bond acceptors (Lipinski definition) is 8. The number of nitrogens with zero attached hydrogens (tertiary/aromatic N) is 1. The number of thioether (sulfide) groups is 1. The van der Waals surface area contributed by atoms with Gasteiger partial charge < -0.3 is 14.2 Å². The number of amides is 2. The molecular weight excluding hydrogens is 597 g/mol. The molecule has 11 heteroatoms. The van der Waals surface area contributed by atoms with Crippen LogP contribution in [-0.2, 0) is 14.3 Å². The molecule has 0 spiro atoms. The number of methoxy groups -OCH3 is 1. The maximum absolute atomic E-state index is 12.8. The molecule has 8 nitrogen and oxygen atoms in total. The molecule has 0 bridgehead atoms. The Morgan fingerprint density at radius 1 is 1.18 bits per heavy atom. The van der Waals surface area contributed by atoms with Gasteiger partial charge in [0.2, 0.25) is 0 Å². The molecule has 2 aromatic carbocycles. The van der Waals surface area contributed by atoms with E-state index in [-0.39, 0.29) is 30.4 Å². The Kier molecular flexibility index (Phi) is 8.97. The molecule has 1 fully saturated rings. The predicted octanol–water partition coefficient (Wildman–Crippen LogP) is 4.81. The third kappa shape index (κ3) is 6.30. The summed E-state index contributed by atoms with van der Waals surface area (Å²) in [5.41, 5.74) is 0.935. The van der Waals surface area contributed by atoms with Crippen LogP contribution in [0.1, 0.15) is 22.8 Å². The van der Waals surface area contributed by atoms with Crippen LogP contribution in [0.5, 0.6) is 11.5 Å². The largest absolute Gasteiger partial charge is 0.493 e. The van der Waals surface area contributed by atoms with Crippen LogP contribution in [-0.4, -0.2) is 54.7 Å². The van der Waals surface area contributed by atoms with E-state index in [1.807, 2.05) is 22.6 Å². The van der Waals surface area contributed by atoms with Gasteiger partial charge in [-0.2, -0.15) is 0 Å². The highest BCUT2D eigenvalue weighted by Crippen LogP contribution is 2.37. The fourth-order valence-electron chi connectivity index (χ4n) is 2.96. The number of ether oxygens (including phenoxy) is 3. The quantitative estimate of drug-likeness (QED) is 0.172. The van der Waals surface area contributed by atoms with E-state index in [0.29, 0.717) is 31.2 Å². The first-order valence-corrected chi connectivity index (χ1v) is 12.2. The maximum Gasteiger partial charge on any atom is 0.344 e. The van der Waals surface area contributed by atoms with E-state index in [4.69, 9.17) is 25.8 Å². The molecule has 1 heterocycles. The summed E-state index contributed by atoms with van der Waals surface area (Å²) in [6.45, 7) is 1.30. The van der Waals surface area contributed by atoms with E-state index in [1.54, 1.807) is 43.3 Å². The zero-order chi connectivity index (χ0) is 24.8. The van der Waals surface area contributed by atoms with Crippen molar-refractivity contribution in [2.75, 3.05) is 26.9 Å². The summed E-state index contributed by atoms with van der Waals surface area (Å²) < 4.78 is 16.4. The van der Waals surface area contributed by atoms with Gasteiger partial charge in [-0.3, -0.25) is 19.3 Å². The predicted molar refractivity (Wildman–Crippen MR) is 136 cm³/mol. The van der Waals surface area contributed by atoms with E-state index in [2.05, 4.69) is 0 Å². The highest BCUT2D eigenvalue weighted by atomic mass is 127. The van der Waals surface area contributed by atoms with Crippen molar-refractivity contribution in [3.63, 3.8) is 0 Å². The SMILES string of the molecule is CCOC(=O)COc1c(I)cc(/C=C2/SC(=O)N(CC(=O)c3ccc(Cl)cc3)C2=O)cc1OC. The standard InChI is InChI=1S/C23H19ClINO7S/c1-3-32-20(28)12-33-21-16(25)8-13(9-18(21)31-2)10-19-22(29)26(23(30)34-19)11-17(27)14-4-6-15(24)7-5-14/h4-10H,3,11-12H2,1-2H3/b19-10+. The first-order valence-electron chi connectivity index (χ1n) is 9.93. The van der Waals surface area contributed by atoms with Gasteiger partial charge >= 0.3 is 5.97 Å². The molecule has 2 aromatic rings. The number of esters is 1. The van der Waals surface area contributed by atoms with Gasteiger partial charge in [-0.25, -0.2) is 4.79 Å². The zero-order valence-electron chi connectivity index (χ0n) is 18.1. The lowest BCUT2D eigenvalue weighted by molar-refractivity contribution is -0.145. The van der Waals surface area contributed by atoms with Gasteiger partial charge in [0.05, 0.1) is 28.7 Å². The molecule has 0 unspecified atom stereocenters. The lowest BCUT2D eigenvalue weighted by atomic mass is 10.1. The number of benzene rings is 2. The molecule has 1 saturated heterocycles. The molecule has 34 heavy (non-hydrogen) atoms. The van der Waals surface area contributed by atoms with Crippen LogP contribution >= 0.6 is 46.0 Å². The molecule has 0 aromatic heterocycles. The van der Waals surface area contributed by atoms with Crippen LogP contribution in [0.3, 0.4) is 0 Å². The summed E-state index contributed by atoms with van der Waals surface area (Å²) in [7, 11) is 1.45. The van der Waals surface area contributed by atoms with Crippen molar-refractivity contribution in [1.82, 2.24) is 4.90 Å². The van der Waals surface area contributed by atoms with Crippen LogP contribution in [0, 0.1) is 3.57 Å². The van der Waals surface area contributed by atoms with E-state index in [9.17, 15) is 19.2 Å². The highest BCUT2D eigenvalue weighted by Gasteiger charge is 2.36. The molecular formula is C23H19ClINO7S. The average Bonchev–Trinajstić information content (AvgIpc) is 3.05. The summed E-state index contributed by atoms with van der Waals surface area (Å²) in [6.07, 6.45) is 1.54. The van der Waals surface area contributed by atoms with Crippen molar-refractivity contribution in [3.8, 4) is 11.5 Å². The molecule has 1 aliphatic rings. The summed E-state index contributed by atoms with van der Waals surface area (Å²) in [6, 6.07) is 9.56. The van der Waals surface area contributed by atoms with E-state index in [1.165, 1.54) is 13.2 Å². The lowest BCUT2D eigenvalue weighted by Gasteiger charge is -2.13. The number of Topliss-reactive ketones (excluding diaryl/α,β-unsaturated/α-hetero) is 1. The van der Waals surface area contributed by atoms with Crippen molar-refractivity contribution in [1.29, 1.82) is 0 Å².